The molecule has 106 valence electrons. The fraction of sp³-hybridized carbons (Fsp3) is 0.364. The van der Waals surface area contributed by atoms with Crippen molar-refractivity contribution in [3.05, 3.63) is 24.3 Å². The minimum Gasteiger partial charge on any atom is -0.381 e. The average Bonchev–Trinajstić information content (AvgIpc) is 2.35. The minimum atomic E-state index is -3.60. The fourth-order valence-corrected chi connectivity index (χ4v) is 2.40. The highest BCUT2D eigenvalue weighted by Gasteiger charge is 2.21. The van der Waals surface area contributed by atoms with E-state index < -0.39 is 22.0 Å². The summed E-state index contributed by atoms with van der Waals surface area (Å²) in [5.41, 5.74) is 5.22. The van der Waals surface area contributed by atoms with Gasteiger partial charge in [-0.15, -0.1) is 0 Å². The van der Waals surface area contributed by atoms with Crippen molar-refractivity contribution in [1.82, 2.24) is 4.31 Å². The van der Waals surface area contributed by atoms with E-state index in [1.54, 1.807) is 18.2 Å². The van der Waals surface area contributed by atoms with Gasteiger partial charge in [-0.2, -0.15) is 0 Å². The third kappa shape index (κ3) is 3.66. The van der Waals surface area contributed by atoms with Crippen molar-refractivity contribution in [2.75, 3.05) is 26.0 Å². The SMILES string of the molecule is CN(C)S(=O)(=O)c1ccccc1NCC(O)C(N)=O. The highest BCUT2D eigenvalue weighted by atomic mass is 32.2. The van der Waals surface area contributed by atoms with Gasteiger partial charge in [0.15, 0.2) is 0 Å². The zero-order valence-corrected chi connectivity index (χ0v) is 11.5. The molecule has 1 amide bonds. The van der Waals surface area contributed by atoms with Crippen LogP contribution < -0.4 is 11.1 Å². The molecule has 0 saturated heterocycles. The van der Waals surface area contributed by atoms with Gasteiger partial charge in [-0.3, -0.25) is 4.79 Å². The maximum atomic E-state index is 12.1. The predicted molar refractivity (Wildman–Crippen MR) is 71.0 cm³/mol. The molecule has 0 radical (unpaired) electrons. The van der Waals surface area contributed by atoms with E-state index in [-0.39, 0.29) is 11.4 Å². The summed E-state index contributed by atoms with van der Waals surface area (Å²) in [6.07, 6.45) is -1.38. The van der Waals surface area contributed by atoms with Crippen LogP contribution in [0.5, 0.6) is 0 Å². The van der Waals surface area contributed by atoms with Crippen molar-refractivity contribution in [3.63, 3.8) is 0 Å². The molecule has 7 nitrogen and oxygen atoms in total. The van der Waals surface area contributed by atoms with Crippen molar-refractivity contribution in [3.8, 4) is 0 Å². The quantitative estimate of drug-likeness (QED) is 0.633. The lowest BCUT2D eigenvalue weighted by atomic mass is 10.3. The monoisotopic (exact) mass is 287 g/mol. The Labute approximate surface area is 112 Å². The third-order valence-corrected chi connectivity index (χ3v) is 4.33. The molecule has 0 aromatic heterocycles. The molecule has 0 heterocycles. The number of nitrogens with one attached hydrogen (secondary N) is 1. The number of para-hydroxylation sites is 1. The fourth-order valence-electron chi connectivity index (χ4n) is 1.34. The first-order valence-electron chi connectivity index (χ1n) is 5.49. The summed E-state index contributed by atoms with van der Waals surface area (Å²) in [5.74, 6) is -0.875. The molecule has 4 N–H and O–H groups in total. The number of benzene rings is 1. The summed E-state index contributed by atoms with van der Waals surface area (Å²) in [7, 11) is -0.761. The number of aliphatic hydroxyl groups excluding tert-OH is 1. The van der Waals surface area contributed by atoms with E-state index in [2.05, 4.69) is 5.32 Å². The number of anilines is 1. The Morgan fingerprint density at radius 3 is 2.53 bits per heavy atom. The number of carbonyl (C=O) groups excluding carboxylic acids is 1. The molecular formula is C11H17N3O4S. The van der Waals surface area contributed by atoms with E-state index >= 15 is 0 Å². The van der Waals surface area contributed by atoms with Gasteiger partial charge >= 0.3 is 0 Å². The molecule has 1 unspecified atom stereocenters. The maximum absolute atomic E-state index is 12.1. The smallest absolute Gasteiger partial charge is 0.248 e. The van der Waals surface area contributed by atoms with Crippen LogP contribution in [0, 0.1) is 0 Å². The molecule has 0 aliphatic rings. The lowest BCUT2D eigenvalue weighted by Crippen LogP contribution is -2.34. The van der Waals surface area contributed by atoms with Crippen LogP contribution in [0.4, 0.5) is 5.69 Å². The van der Waals surface area contributed by atoms with Gasteiger partial charge in [0.1, 0.15) is 11.0 Å². The molecule has 19 heavy (non-hydrogen) atoms. The Balaban J connectivity index is 3.01. The molecule has 0 bridgehead atoms. The molecule has 1 atom stereocenters. The van der Waals surface area contributed by atoms with E-state index in [9.17, 15) is 18.3 Å². The first kappa shape index (κ1) is 15.4. The van der Waals surface area contributed by atoms with E-state index in [0.29, 0.717) is 5.69 Å². The number of hydrogen-bond acceptors (Lipinski definition) is 5. The number of aliphatic hydroxyl groups is 1. The Kier molecular flexibility index (Phi) is 4.87. The molecule has 1 aromatic rings. The number of nitrogens with two attached hydrogens (primary N) is 1. The Bertz CT molecular complexity index is 557. The summed E-state index contributed by atoms with van der Waals surface area (Å²) in [6.45, 7) is -0.157. The highest BCUT2D eigenvalue weighted by molar-refractivity contribution is 7.89. The lowest BCUT2D eigenvalue weighted by molar-refractivity contribution is -0.125. The molecule has 0 aliphatic carbocycles. The number of rotatable bonds is 6. The lowest BCUT2D eigenvalue weighted by Gasteiger charge is -2.17. The van der Waals surface area contributed by atoms with Gasteiger partial charge in [-0.25, -0.2) is 12.7 Å². The van der Waals surface area contributed by atoms with Crippen molar-refractivity contribution < 1.29 is 18.3 Å². The number of hydrogen-bond donors (Lipinski definition) is 3. The van der Waals surface area contributed by atoms with E-state index in [0.717, 1.165) is 4.31 Å². The first-order chi connectivity index (χ1) is 8.76. The van der Waals surface area contributed by atoms with Gasteiger partial charge < -0.3 is 16.2 Å². The van der Waals surface area contributed by atoms with Crippen LogP contribution >= 0.6 is 0 Å². The van der Waals surface area contributed by atoms with Gasteiger partial charge in [0.05, 0.1) is 5.69 Å². The second-order valence-electron chi connectivity index (χ2n) is 4.08. The summed E-state index contributed by atoms with van der Waals surface area (Å²) in [5, 5.41) is 12.0. The molecule has 0 aliphatic heterocycles. The van der Waals surface area contributed by atoms with Gasteiger partial charge in [0.25, 0.3) is 0 Å². The molecular weight excluding hydrogens is 270 g/mol. The normalized spacial score (nSPS) is 13.3. The summed E-state index contributed by atoms with van der Waals surface area (Å²) >= 11 is 0. The van der Waals surface area contributed by atoms with Crippen molar-refractivity contribution in [2.24, 2.45) is 5.73 Å². The van der Waals surface area contributed by atoms with Crippen LogP contribution in [-0.2, 0) is 14.8 Å². The zero-order chi connectivity index (χ0) is 14.6. The molecule has 0 fully saturated rings. The van der Waals surface area contributed by atoms with Gasteiger partial charge in [0, 0.05) is 20.6 Å². The summed E-state index contributed by atoms with van der Waals surface area (Å²) in [4.78, 5) is 10.8. The van der Waals surface area contributed by atoms with Gasteiger partial charge in [-0.1, -0.05) is 12.1 Å². The third-order valence-electron chi connectivity index (χ3n) is 2.46. The van der Waals surface area contributed by atoms with Crippen LogP contribution in [0.25, 0.3) is 0 Å². The van der Waals surface area contributed by atoms with Crippen LogP contribution in [0.2, 0.25) is 0 Å². The van der Waals surface area contributed by atoms with Gasteiger partial charge in [-0.05, 0) is 12.1 Å². The van der Waals surface area contributed by atoms with Crippen molar-refractivity contribution >= 4 is 21.6 Å². The number of amides is 1. The Hall–Kier alpha value is -1.64. The number of carbonyl (C=O) groups is 1. The molecule has 0 spiro atoms. The summed E-state index contributed by atoms with van der Waals surface area (Å²) < 4.78 is 25.2. The highest BCUT2D eigenvalue weighted by Crippen LogP contribution is 2.22. The van der Waals surface area contributed by atoms with Crippen LogP contribution in [0.15, 0.2) is 29.2 Å². The maximum Gasteiger partial charge on any atom is 0.248 e. The molecule has 0 saturated carbocycles. The zero-order valence-electron chi connectivity index (χ0n) is 10.7. The van der Waals surface area contributed by atoms with Crippen molar-refractivity contribution in [1.29, 1.82) is 0 Å². The minimum absolute atomic E-state index is 0.0664. The molecule has 8 heteroatoms. The van der Waals surface area contributed by atoms with E-state index in [1.807, 2.05) is 0 Å². The largest absolute Gasteiger partial charge is 0.381 e. The van der Waals surface area contributed by atoms with Crippen LogP contribution in [0.3, 0.4) is 0 Å². The van der Waals surface area contributed by atoms with E-state index in [4.69, 9.17) is 5.73 Å². The van der Waals surface area contributed by atoms with Crippen LogP contribution in [-0.4, -0.2) is 50.5 Å². The topological polar surface area (TPSA) is 113 Å². The standard InChI is InChI=1S/C11H17N3O4S/c1-14(2)19(17,18)10-6-4-3-5-8(10)13-7-9(15)11(12)16/h3-6,9,13,15H,7H2,1-2H3,(H2,12,16). The second kappa shape index (κ2) is 6.00. The van der Waals surface area contributed by atoms with Crippen LogP contribution in [0.1, 0.15) is 0 Å². The number of nitrogens with zero attached hydrogens (tertiary/aromatic N) is 1. The molecule has 1 rings (SSSR count). The number of primary amides is 1. The molecule has 1 aromatic carbocycles. The van der Waals surface area contributed by atoms with E-state index in [1.165, 1.54) is 20.2 Å². The Morgan fingerprint density at radius 2 is 2.00 bits per heavy atom. The average molecular weight is 287 g/mol. The predicted octanol–water partition coefficient (Wildman–Crippen LogP) is -0.805. The number of sulfonamides is 1. The second-order valence-corrected chi connectivity index (χ2v) is 6.20. The Morgan fingerprint density at radius 1 is 1.42 bits per heavy atom. The first-order valence-corrected chi connectivity index (χ1v) is 6.93. The van der Waals surface area contributed by atoms with Gasteiger partial charge in [0.2, 0.25) is 15.9 Å². The summed E-state index contributed by atoms with van der Waals surface area (Å²) in [6, 6.07) is 6.22. The van der Waals surface area contributed by atoms with Crippen molar-refractivity contribution in [2.45, 2.75) is 11.0 Å².